The van der Waals surface area contributed by atoms with Gasteiger partial charge in [0, 0.05) is 18.8 Å². The van der Waals surface area contributed by atoms with Crippen molar-refractivity contribution < 1.29 is 14.6 Å². The van der Waals surface area contributed by atoms with Crippen molar-refractivity contribution in [3.05, 3.63) is 0 Å². The van der Waals surface area contributed by atoms with E-state index in [-0.39, 0.29) is 11.0 Å². The van der Waals surface area contributed by atoms with Crippen LogP contribution in [0.4, 0.5) is 0 Å². The van der Waals surface area contributed by atoms with Crippen LogP contribution >= 0.6 is 0 Å². The van der Waals surface area contributed by atoms with Gasteiger partial charge in [-0.3, -0.25) is 0 Å². The van der Waals surface area contributed by atoms with Crippen LogP contribution < -0.4 is 0 Å². The lowest BCUT2D eigenvalue weighted by Gasteiger charge is -2.76. The van der Waals surface area contributed by atoms with Crippen LogP contribution in [0.15, 0.2) is 0 Å². The Bertz CT molecular complexity index is 549. The van der Waals surface area contributed by atoms with Crippen molar-refractivity contribution in [2.24, 2.45) is 23.2 Å². The summed E-state index contributed by atoms with van der Waals surface area (Å²) in [5, 5.41) is 11.8. The molecule has 3 spiro atoms. The second-order valence-corrected chi connectivity index (χ2v) is 9.61. The van der Waals surface area contributed by atoms with Gasteiger partial charge in [-0.25, -0.2) is 0 Å². The van der Waals surface area contributed by atoms with Gasteiger partial charge in [-0.2, -0.15) is 0 Å². The van der Waals surface area contributed by atoms with Crippen LogP contribution in [0.5, 0.6) is 0 Å². The molecule has 128 valence electrons. The lowest BCUT2D eigenvalue weighted by atomic mass is 9.44. The molecular formula is C20H30O3. The second-order valence-electron chi connectivity index (χ2n) is 9.61. The summed E-state index contributed by atoms with van der Waals surface area (Å²) < 4.78 is 13.7. The van der Waals surface area contributed by atoms with Gasteiger partial charge in [0.2, 0.25) is 0 Å². The molecule has 0 aromatic heterocycles. The third-order valence-electron chi connectivity index (χ3n) is 9.06. The Kier molecular flexibility index (Phi) is 2.55. The fourth-order valence-corrected chi connectivity index (χ4v) is 8.35. The smallest absolute Gasteiger partial charge is 0.177 e. The van der Waals surface area contributed by atoms with Crippen LogP contribution in [-0.4, -0.2) is 22.3 Å². The summed E-state index contributed by atoms with van der Waals surface area (Å²) in [5.41, 5.74) is -0.173. The van der Waals surface area contributed by atoms with E-state index in [0.29, 0.717) is 11.8 Å². The van der Waals surface area contributed by atoms with E-state index in [9.17, 15) is 5.11 Å². The summed E-state index contributed by atoms with van der Waals surface area (Å²) in [6, 6.07) is 0. The first-order valence-electron chi connectivity index (χ1n) is 10.3. The number of hydrogen-bond donors (Lipinski definition) is 1. The maximum absolute atomic E-state index is 11.8. The Morgan fingerprint density at radius 2 is 1.65 bits per heavy atom. The Morgan fingerprint density at radius 1 is 0.783 bits per heavy atom. The maximum Gasteiger partial charge on any atom is 0.177 e. The van der Waals surface area contributed by atoms with Crippen LogP contribution in [0, 0.1) is 23.2 Å². The molecule has 1 N–H and O–H groups in total. The molecule has 3 nitrogen and oxygen atoms in total. The standard InChI is InChI=1S/C20H30O3/c21-20-12-8-16-14-5-3-9-17(20)13-15-7-1-2-11-19(15,23-20)22-18(16,17)10-4-6-14/h14-16,21H,1-13H2. The second kappa shape index (κ2) is 4.16. The fourth-order valence-electron chi connectivity index (χ4n) is 8.35. The first-order valence-corrected chi connectivity index (χ1v) is 10.3. The van der Waals surface area contributed by atoms with Crippen LogP contribution in [0.3, 0.4) is 0 Å². The SMILES string of the molecule is OC12CCC3C4CCCC35OC3(CCCCC3CC15CCC4)O2. The fraction of sp³-hybridized carbons (Fsp3) is 1.00. The minimum absolute atomic E-state index is 0.0640. The largest absolute Gasteiger partial charge is 0.365 e. The topological polar surface area (TPSA) is 38.7 Å². The molecule has 3 saturated heterocycles. The normalized spacial score (nSPS) is 63.3. The zero-order chi connectivity index (χ0) is 15.3. The van der Waals surface area contributed by atoms with Gasteiger partial charge < -0.3 is 14.6 Å². The van der Waals surface area contributed by atoms with Crippen molar-refractivity contribution in [3.63, 3.8) is 0 Å². The third kappa shape index (κ3) is 1.39. The molecule has 0 aromatic carbocycles. The predicted molar refractivity (Wildman–Crippen MR) is 85.5 cm³/mol. The zero-order valence-electron chi connectivity index (χ0n) is 14.2. The minimum atomic E-state index is -0.901. The van der Waals surface area contributed by atoms with Gasteiger partial charge >= 0.3 is 0 Å². The zero-order valence-corrected chi connectivity index (χ0v) is 14.2. The van der Waals surface area contributed by atoms with Crippen molar-refractivity contribution in [1.82, 2.24) is 0 Å². The number of hydrogen-bond acceptors (Lipinski definition) is 3. The van der Waals surface area contributed by atoms with Crippen molar-refractivity contribution in [2.75, 3.05) is 0 Å². The van der Waals surface area contributed by atoms with Crippen molar-refractivity contribution in [2.45, 2.75) is 101 Å². The number of ether oxygens (including phenoxy) is 2. The molecule has 7 rings (SSSR count). The van der Waals surface area contributed by atoms with E-state index in [2.05, 4.69) is 0 Å². The van der Waals surface area contributed by atoms with Gasteiger partial charge in [0.05, 0.1) is 11.0 Å². The van der Waals surface area contributed by atoms with E-state index in [1.807, 2.05) is 0 Å². The molecule has 0 radical (unpaired) electrons. The van der Waals surface area contributed by atoms with Crippen molar-refractivity contribution >= 4 is 0 Å². The molecule has 0 amide bonds. The minimum Gasteiger partial charge on any atom is -0.365 e. The molecule has 0 aromatic rings. The lowest BCUT2D eigenvalue weighted by Crippen LogP contribution is -2.83. The van der Waals surface area contributed by atoms with Gasteiger partial charge in [-0.15, -0.1) is 0 Å². The van der Waals surface area contributed by atoms with Crippen LogP contribution in [0.1, 0.15) is 83.5 Å². The average Bonchev–Trinajstić information content (AvgIpc) is 2.58. The van der Waals surface area contributed by atoms with E-state index >= 15 is 0 Å². The van der Waals surface area contributed by atoms with Crippen LogP contribution in [-0.2, 0) is 9.47 Å². The van der Waals surface area contributed by atoms with E-state index in [1.165, 1.54) is 57.8 Å². The van der Waals surface area contributed by atoms with E-state index < -0.39 is 11.6 Å². The molecular weight excluding hydrogens is 288 g/mol. The van der Waals surface area contributed by atoms with Gasteiger partial charge in [0.1, 0.15) is 0 Å². The monoisotopic (exact) mass is 318 g/mol. The molecule has 7 aliphatic rings. The molecule has 7 atom stereocenters. The highest BCUT2D eigenvalue weighted by Crippen LogP contribution is 2.76. The molecule has 23 heavy (non-hydrogen) atoms. The molecule has 4 saturated carbocycles. The molecule has 6 bridgehead atoms. The molecule has 7 fully saturated rings. The molecule has 4 aliphatic carbocycles. The molecule has 3 heteroatoms. The lowest BCUT2D eigenvalue weighted by molar-refractivity contribution is -0.550. The summed E-state index contributed by atoms with van der Waals surface area (Å²) in [4.78, 5) is 0. The van der Waals surface area contributed by atoms with Gasteiger partial charge in [-0.1, -0.05) is 25.7 Å². The third-order valence-corrected chi connectivity index (χ3v) is 9.06. The maximum atomic E-state index is 11.8. The van der Waals surface area contributed by atoms with E-state index in [0.717, 1.165) is 31.6 Å². The molecule has 3 aliphatic heterocycles. The highest BCUT2D eigenvalue weighted by Gasteiger charge is 2.81. The summed E-state index contributed by atoms with van der Waals surface area (Å²) in [5.74, 6) is 0.703. The summed E-state index contributed by atoms with van der Waals surface area (Å²) >= 11 is 0. The number of rotatable bonds is 0. The van der Waals surface area contributed by atoms with Crippen LogP contribution in [0.2, 0.25) is 0 Å². The first-order chi connectivity index (χ1) is 11.1. The quantitative estimate of drug-likeness (QED) is 0.730. The predicted octanol–water partition coefficient (Wildman–Crippen LogP) is 4.13. The van der Waals surface area contributed by atoms with E-state index in [1.54, 1.807) is 0 Å². The van der Waals surface area contributed by atoms with Crippen molar-refractivity contribution in [1.29, 1.82) is 0 Å². The average molecular weight is 318 g/mol. The Morgan fingerprint density at radius 3 is 2.57 bits per heavy atom. The first kappa shape index (κ1) is 14.1. The van der Waals surface area contributed by atoms with Crippen LogP contribution in [0.25, 0.3) is 0 Å². The Hall–Kier alpha value is -0.120. The highest BCUT2D eigenvalue weighted by molar-refractivity contribution is 5.24. The molecule has 3 heterocycles. The Labute approximate surface area is 139 Å². The van der Waals surface area contributed by atoms with Crippen molar-refractivity contribution in [3.8, 4) is 0 Å². The van der Waals surface area contributed by atoms with E-state index in [4.69, 9.17) is 9.47 Å². The highest BCUT2D eigenvalue weighted by atomic mass is 16.8. The number of aliphatic hydroxyl groups is 1. The molecule has 7 unspecified atom stereocenters. The van der Waals surface area contributed by atoms with Gasteiger partial charge in [0.25, 0.3) is 0 Å². The summed E-state index contributed by atoms with van der Waals surface area (Å²) in [6.45, 7) is 0. The van der Waals surface area contributed by atoms with Gasteiger partial charge in [-0.05, 0) is 56.8 Å². The summed E-state index contributed by atoms with van der Waals surface area (Å²) in [6.07, 6.45) is 15.5. The summed E-state index contributed by atoms with van der Waals surface area (Å²) in [7, 11) is 0. The van der Waals surface area contributed by atoms with Gasteiger partial charge in [0.15, 0.2) is 11.6 Å². The Balaban J connectivity index is 1.58.